The molecule has 0 aliphatic carbocycles. The summed E-state index contributed by atoms with van der Waals surface area (Å²) in [6.07, 6.45) is 0. The second kappa shape index (κ2) is 4.63. The first-order chi connectivity index (χ1) is 7.70. The first-order valence-corrected chi connectivity index (χ1v) is 5.38. The van der Waals surface area contributed by atoms with Crippen LogP contribution >= 0.6 is 11.8 Å². The first kappa shape index (κ1) is 11.1. The number of aliphatic hydroxyl groups is 1. The lowest BCUT2D eigenvalue weighted by Crippen LogP contribution is -1.91. The largest absolute Gasteiger partial charge is 0.416 e. The van der Waals surface area contributed by atoms with Crippen molar-refractivity contribution >= 4 is 11.8 Å². The molecule has 0 saturated heterocycles. The van der Waals surface area contributed by atoms with Crippen LogP contribution in [0.5, 0.6) is 0 Å². The Labute approximate surface area is 95.5 Å². The van der Waals surface area contributed by atoms with Gasteiger partial charge >= 0.3 is 0 Å². The molecule has 2 rings (SSSR count). The normalized spacial score (nSPS) is 10.7. The Morgan fingerprint density at radius 3 is 2.88 bits per heavy atom. The van der Waals surface area contributed by atoms with Crippen molar-refractivity contribution in [3.8, 4) is 0 Å². The third-order valence-corrected chi connectivity index (χ3v) is 2.92. The number of rotatable bonds is 3. The minimum Gasteiger partial charge on any atom is -0.416 e. The van der Waals surface area contributed by atoms with Gasteiger partial charge in [0.1, 0.15) is 5.82 Å². The van der Waals surface area contributed by atoms with E-state index in [0.717, 1.165) is 11.8 Å². The van der Waals surface area contributed by atoms with E-state index in [0.29, 0.717) is 16.3 Å². The molecule has 16 heavy (non-hydrogen) atoms. The molecule has 84 valence electrons. The fraction of sp³-hybridized carbons (Fsp3) is 0.200. The molecule has 0 spiro atoms. The highest BCUT2D eigenvalue weighted by atomic mass is 32.2. The van der Waals surface area contributed by atoms with Crippen LogP contribution in [0.25, 0.3) is 0 Å². The van der Waals surface area contributed by atoms with Crippen molar-refractivity contribution in [2.75, 3.05) is 0 Å². The van der Waals surface area contributed by atoms with E-state index in [2.05, 4.69) is 10.2 Å². The maximum atomic E-state index is 13.5. The van der Waals surface area contributed by atoms with Crippen molar-refractivity contribution in [1.82, 2.24) is 10.2 Å². The molecule has 0 amide bonds. The highest BCUT2D eigenvalue weighted by molar-refractivity contribution is 7.99. The molecule has 0 fully saturated rings. The van der Waals surface area contributed by atoms with Gasteiger partial charge in [0.2, 0.25) is 5.89 Å². The molecule has 0 aliphatic heterocycles. The quantitative estimate of drug-likeness (QED) is 0.890. The van der Waals surface area contributed by atoms with Gasteiger partial charge in [0.25, 0.3) is 5.22 Å². The molecule has 6 heteroatoms. The Morgan fingerprint density at radius 2 is 2.25 bits per heavy atom. The summed E-state index contributed by atoms with van der Waals surface area (Å²) in [5, 5.41) is 16.7. The summed E-state index contributed by atoms with van der Waals surface area (Å²) in [5.41, 5.74) is 0.501. The topological polar surface area (TPSA) is 59.2 Å². The van der Waals surface area contributed by atoms with Crippen LogP contribution in [0.1, 0.15) is 11.5 Å². The Morgan fingerprint density at radius 1 is 1.44 bits per heavy atom. The van der Waals surface area contributed by atoms with E-state index in [1.54, 1.807) is 19.1 Å². The molecule has 0 saturated carbocycles. The van der Waals surface area contributed by atoms with Crippen molar-refractivity contribution in [2.45, 2.75) is 23.6 Å². The van der Waals surface area contributed by atoms with Gasteiger partial charge in [-0.15, -0.1) is 10.2 Å². The number of hydrogen-bond donors (Lipinski definition) is 1. The number of hydrogen-bond acceptors (Lipinski definition) is 5. The van der Waals surface area contributed by atoms with E-state index in [1.807, 2.05) is 0 Å². The number of nitrogens with zero attached hydrogens (tertiary/aromatic N) is 2. The number of aryl methyl sites for hydroxylation is 1. The average molecular weight is 240 g/mol. The third kappa shape index (κ3) is 2.23. The summed E-state index contributed by atoms with van der Waals surface area (Å²) in [5.74, 6) is 0.0109. The van der Waals surface area contributed by atoms with Gasteiger partial charge in [-0.05, 0) is 23.4 Å². The van der Waals surface area contributed by atoms with E-state index in [4.69, 9.17) is 9.52 Å². The van der Waals surface area contributed by atoms with Gasteiger partial charge in [0.05, 0.1) is 11.5 Å². The fourth-order valence-electron chi connectivity index (χ4n) is 1.20. The van der Waals surface area contributed by atoms with Crippen LogP contribution in [0.3, 0.4) is 0 Å². The lowest BCUT2D eigenvalue weighted by atomic mass is 10.2. The number of halogens is 1. The van der Waals surface area contributed by atoms with Crippen LogP contribution in [0, 0.1) is 12.7 Å². The SMILES string of the molecule is Cc1nnc(Sc2c(F)cccc2CO)o1. The van der Waals surface area contributed by atoms with Crippen LogP contribution < -0.4 is 0 Å². The highest BCUT2D eigenvalue weighted by Gasteiger charge is 2.13. The van der Waals surface area contributed by atoms with Gasteiger partial charge in [-0.1, -0.05) is 12.1 Å². The molecule has 2 aromatic rings. The zero-order valence-corrected chi connectivity index (χ0v) is 9.29. The lowest BCUT2D eigenvalue weighted by molar-refractivity contribution is 0.277. The van der Waals surface area contributed by atoms with Crippen LogP contribution in [-0.4, -0.2) is 15.3 Å². The molecular formula is C10H9FN2O2S. The van der Waals surface area contributed by atoms with Gasteiger partial charge in [0, 0.05) is 6.92 Å². The highest BCUT2D eigenvalue weighted by Crippen LogP contribution is 2.31. The first-order valence-electron chi connectivity index (χ1n) is 4.57. The van der Waals surface area contributed by atoms with Crippen molar-refractivity contribution < 1.29 is 13.9 Å². The van der Waals surface area contributed by atoms with Gasteiger partial charge in [0.15, 0.2) is 0 Å². The molecule has 0 aliphatic rings. The standard InChI is InChI=1S/C10H9FN2O2S/c1-6-12-13-10(15-6)16-9-7(5-14)3-2-4-8(9)11/h2-4,14H,5H2,1H3. The number of aromatic nitrogens is 2. The maximum Gasteiger partial charge on any atom is 0.281 e. The molecular weight excluding hydrogens is 231 g/mol. The molecule has 0 unspecified atom stereocenters. The molecule has 1 heterocycles. The molecule has 0 bridgehead atoms. The van der Waals surface area contributed by atoms with Crippen LogP contribution in [0.4, 0.5) is 4.39 Å². The van der Waals surface area contributed by atoms with Crippen molar-refractivity contribution in [3.63, 3.8) is 0 Å². The molecule has 0 radical (unpaired) electrons. The van der Waals surface area contributed by atoms with Gasteiger partial charge in [-0.2, -0.15) is 0 Å². The van der Waals surface area contributed by atoms with Crippen LogP contribution in [-0.2, 0) is 6.61 Å². The minimum absolute atomic E-state index is 0.229. The van der Waals surface area contributed by atoms with Crippen LogP contribution in [0.2, 0.25) is 0 Å². The molecule has 1 aromatic carbocycles. The van der Waals surface area contributed by atoms with E-state index >= 15 is 0 Å². The number of benzene rings is 1. The number of aliphatic hydroxyl groups excluding tert-OH is 1. The predicted octanol–water partition coefficient (Wildman–Crippen LogP) is 2.16. The van der Waals surface area contributed by atoms with Crippen molar-refractivity contribution in [2.24, 2.45) is 0 Å². The van der Waals surface area contributed by atoms with E-state index < -0.39 is 5.82 Å². The summed E-state index contributed by atoms with van der Waals surface area (Å²) in [6.45, 7) is 1.43. The Kier molecular flexibility index (Phi) is 3.21. The molecule has 0 atom stereocenters. The van der Waals surface area contributed by atoms with Gasteiger partial charge in [-0.3, -0.25) is 0 Å². The Hall–Kier alpha value is -1.40. The second-order valence-electron chi connectivity index (χ2n) is 3.08. The van der Waals surface area contributed by atoms with E-state index in [9.17, 15) is 4.39 Å². The summed E-state index contributed by atoms with van der Waals surface area (Å²) in [7, 11) is 0. The van der Waals surface area contributed by atoms with Crippen molar-refractivity contribution in [3.05, 3.63) is 35.5 Å². The Balaban J connectivity index is 2.33. The lowest BCUT2D eigenvalue weighted by Gasteiger charge is -2.04. The van der Waals surface area contributed by atoms with Crippen LogP contribution in [0.15, 0.2) is 32.7 Å². The summed E-state index contributed by atoms with van der Waals surface area (Å²) < 4.78 is 18.6. The zero-order valence-electron chi connectivity index (χ0n) is 8.48. The second-order valence-corrected chi connectivity index (χ2v) is 4.04. The fourth-order valence-corrected chi connectivity index (χ4v) is 2.05. The van der Waals surface area contributed by atoms with E-state index in [-0.39, 0.29) is 11.8 Å². The molecule has 1 aromatic heterocycles. The minimum atomic E-state index is -0.410. The summed E-state index contributed by atoms with van der Waals surface area (Å²) >= 11 is 1.01. The maximum absolute atomic E-state index is 13.5. The van der Waals surface area contributed by atoms with E-state index in [1.165, 1.54) is 6.07 Å². The smallest absolute Gasteiger partial charge is 0.281 e. The predicted molar refractivity (Wildman–Crippen MR) is 55.5 cm³/mol. The van der Waals surface area contributed by atoms with Crippen molar-refractivity contribution in [1.29, 1.82) is 0 Å². The zero-order chi connectivity index (χ0) is 11.5. The Bertz CT molecular complexity index is 501. The van der Waals surface area contributed by atoms with Gasteiger partial charge in [-0.25, -0.2) is 4.39 Å². The monoisotopic (exact) mass is 240 g/mol. The molecule has 4 nitrogen and oxygen atoms in total. The summed E-state index contributed by atoms with van der Waals surface area (Å²) in [4.78, 5) is 0.314. The molecule has 1 N–H and O–H groups in total. The van der Waals surface area contributed by atoms with Gasteiger partial charge < -0.3 is 9.52 Å². The third-order valence-electron chi connectivity index (χ3n) is 1.92. The summed E-state index contributed by atoms with van der Waals surface area (Å²) in [6, 6.07) is 4.52. The average Bonchev–Trinajstić information content (AvgIpc) is 2.67.